The highest BCUT2D eigenvalue weighted by Crippen LogP contribution is 2.65. The van der Waals surface area contributed by atoms with Gasteiger partial charge in [0, 0.05) is 11.3 Å². The van der Waals surface area contributed by atoms with Crippen molar-refractivity contribution in [1.29, 1.82) is 0 Å². The summed E-state index contributed by atoms with van der Waals surface area (Å²) in [7, 11) is 0. The number of ketones is 1. The minimum absolute atomic E-state index is 0.0247. The van der Waals surface area contributed by atoms with Gasteiger partial charge in [-0.2, -0.15) is 0 Å². The molecule has 4 aliphatic rings. The molecule has 1 unspecified atom stereocenters. The van der Waals surface area contributed by atoms with Gasteiger partial charge in [-0.3, -0.25) is 9.59 Å². The number of fused-ring (bicyclic) bond motifs is 2. The van der Waals surface area contributed by atoms with Gasteiger partial charge in [-0.1, -0.05) is 39.7 Å². The van der Waals surface area contributed by atoms with Crippen molar-refractivity contribution in [3.05, 3.63) is 11.6 Å². The largest absolute Gasteiger partial charge is 0.463 e. The number of hydrogen-bond acceptors (Lipinski definition) is 4. The average molecular weight is 332 g/mol. The van der Waals surface area contributed by atoms with E-state index in [0.29, 0.717) is 13.0 Å². The zero-order valence-corrected chi connectivity index (χ0v) is 15.2. The lowest BCUT2D eigenvalue weighted by Crippen LogP contribution is -2.60. The van der Waals surface area contributed by atoms with Crippen LogP contribution in [0, 0.1) is 16.7 Å². The molecule has 0 amide bonds. The summed E-state index contributed by atoms with van der Waals surface area (Å²) in [6.07, 6.45) is 7.19. The third-order valence-corrected chi connectivity index (χ3v) is 7.46. The fraction of sp³-hybridized carbons (Fsp3) is 0.800. The van der Waals surface area contributed by atoms with Crippen molar-refractivity contribution in [2.24, 2.45) is 16.7 Å². The van der Waals surface area contributed by atoms with Crippen LogP contribution in [0.4, 0.5) is 0 Å². The molecule has 4 heteroatoms. The summed E-state index contributed by atoms with van der Waals surface area (Å²) >= 11 is 0. The predicted molar refractivity (Wildman–Crippen MR) is 89.4 cm³/mol. The summed E-state index contributed by atoms with van der Waals surface area (Å²) in [6, 6.07) is 0. The monoisotopic (exact) mass is 332 g/mol. The summed E-state index contributed by atoms with van der Waals surface area (Å²) in [6.45, 7) is 9.14. The highest BCUT2D eigenvalue weighted by molar-refractivity contribution is 5.95. The third-order valence-electron chi connectivity index (χ3n) is 7.46. The molecule has 3 fully saturated rings. The van der Waals surface area contributed by atoms with E-state index in [4.69, 9.17) is 9.47 Å². The van der Waals surface area contributed by atoms with Gasteiger partial charge in [-0.05, 0) is 37.2 Å². The second kappa shape index (κ2) is 4.72. The third kappa shape index (κ3) is 1.89. The quantitative estimate of drug-likeness (QED) is 0.636. The number of carbonyl (C=O) groups is 2. The van der Waals surface area contributed by atoms with Gasteiger partial charge in [0.15, 0.2) is 5.78 Å². The summed E-state index contributed by atoms with van der Waals surface area (Å²) in [5.41, 5.74) is 0.124. The van der Waals surface area contributed by atoms with E-state index < -0.39 is 11.2 Å². The Bertz CT molecular complexity index is 648. The summed E-state index contributed by atoms with van der Waals surface area (Å²) in [5, 5.41) is 0. The lowest BCUT2D eigenvalue weighted by molar-refractivity contribution is -0.192. The Balaban J connectivity index is 1.82. The van der Waals surface area contributed by atoms with E-state index in [9.17, 15) is 9.59 Å². The Hall–Kier alpha value is -1.16. The van der Waals surface area contributed by atoms with Crippen LogP contribution in [0.3, 0.4) is 0 Å². The van der Waals surface area contributed by atoms with Crippen LogP contribution in [0.5, 0.6) is 0 Å². The van der Waals surface area contributed by atoms with Gasteiger partial charge in [-0.25, -0.2) is 0 Å². The first-order chi connectivity index (χ1) is 11.1. The zero-order chi connectivity index (χ0) is 17.4. The van der Waals surface area contributed by atoms with Crippen LogP contribution in [0.2, 0.25) is 0 Å². The highest BCUT2D eigenvalue weighted by Gasteiger charge is 2.67. The van der Waals surface area contributed by atoms with Crippen LogP contribution in [-0.2, 0) is 19.1 Å². The van der Waals surface area contributed by atoms with Crippen molar-refractivity contribution in [2.75, 3.05) is 6.61 Å². The van der Waals surface area contributed by atoms with Crippen LogP contribution in [0.25, 0.3) is 0 Å². The molecule has 4 nitrogen and oxygen atoms in total. The van der Waals surface area contributed by atoms with Crippen LogP contribution < -0.4 is 0 Å². The van der Waals surface area contributed by atoms with Crippen LogP contribution >= 0.6 is 0 Å². The second-order valence-corrected chi connectivity index (χ2v) is 9.26. The molecule has 1 saturated carbocycles. The molecule has 0 aromatic heterocycles. The first kappa shape index (κ1) is 16.3. The molecular formula is C20H28O4. The molecule has 0 radical (unpaired) electrons. The molecule has 0 aromatic carbocycles. The van der Waals surface area contributed by atoms with Gasteiger partial charge in [0.2, 0.25) is 0 Å². The smallest absolute Gasteiger partial charge is 0.308 e. The topological polar surface area (TPSA) is 52.6 Å². The molecule has 2 heterocycles. The van der Waals surface area contributed by atoms with E-state index >= 15 is 0 Å². The molecule has 2 spiro atoms. The number of rotatable bonds is 0. The maximum absolute atomic E-state index is 12.9. The number of allylic oxidation sites excluding steroid dienone is 1. The van der Waals surface area contributed by atoms with E-state index in [1.807, 2.05) is 13.0 Å². The van der Waals surface area contributed by atoms with E-state index in [1.165, 1.54) is 5.57 Å². The summed E-state index contributed by atoms with van der Waals surface area (Å²) < 4.78 is 12.0. The molecule has 0 bridgehead atoms. The molecule has 132 valence electrons. The highest BCUT2D eigenvalue weighted by atomic mass is 16.6. The standard InChI is InChI=1S/C20H28O4/c1-13-14(21)10-15-17(2,3)6-5-7-18(15,4)20(13)9-8-19(24-20)11-16(22)23-12-19/h10,13H,5-9,11-12H2,1-4H3/t13-,18+,19?,20-/m1/s1. The Labute approximate surface area is 144 Å². The van der Waals surface area contributed by atoms with E-state index in [0.717, 1.165) is 32.1 Å². The molecule has 2 saturated heterocycles. The first-order valence-electron chi connectivity index (χ1n) is 9.27. The van der Waals surface area contributed by atoms with E-state index in [1.54, 1.807) is 0 Å². The van der Waals surface area contributed by atoms with E-state index in [-0.39, 0.29) is 28.5 Å². The minimum atomic E-state index is -0.515. The Morgan fingerprint density at radius 3 is 2.50 bits per heavy atom. The fourth-order valence-electron chi connectivity index (χ4n) is 6.07. The molecular weight excluding hydrogens is 304 g/mol. The van der Waals surface area contributed by atoms with Crippen molar-refractivity contribution in [1.82, 2.24) is 0 Å². The first-order valence-corrected chi connectivity index (χ1v) is 9.27. The van der Waals surface area contributed by atoms with Crippen molar-refractivity contribution in [2.45, 2.75) is 77.4 Å². The van der Waals surface area contributed by atoms with Crippen molar-refractivity contribution in [3.63, 3.8) is 0 Å². The summed E-state index contributed by atoms with van der Waals surface area (Å²) in [4.78, 5) is 24.6. The number of esters is 1. The average Bonchev–Trinajstić information content (AvgIpc) is 3.05. The van der Waals surface area contributed by atoms with Gasteiger partial charge in [-0.15, -0.1) is 0 Å². The Kier molecular flexibility index (Phi) is 3.21. The number of hydrogen-bond donors (Lipinski definition) is 0. The van der Waals surface area contributed by atoms with Crippen molar-refractivity contribution >= 4 is 11.8 Å². The zero-order valence-electron chi connectivity index (χ0n) is 15.2. The SMILES string of the molecule is C[C@@H]1C(=O)C=C2C(C)(C)CCC[C@]2(C)[C@@]12CCC1(COC(=O)C1)O2. The van der Waals surface area contributed by atoms with Gasteiger partial charge in [0.25, 0.3) is 0 Å². The van der Waals surface area contributed by atoms with E-state index in [2.05, 4.69) is 20.8 Å². The van der Waals surface area contributed by atoms with Gasteiger partial charge in [0.1, 0.15) is 12.2 Å². The number of ether oxygens (including phenoxy) is 2. The lowest BCUT2D eigenvalue weighted by atomic mass is 9.48. The van der Waals surface area contributed by atoms with Crippen LogP contribution in [-0.4, -0.2) is 29.6 Å². The normalized spacial score (nSPS) is 47.0. The van der Waals surface area contributed by atoms with Crippen LogP contribution in [0.1, 0.15) is 66.2 Å². The molecule has 2 aliphatic heterocycles. The maximum atomic E-state index is 12.9. The second-order valence-electron chi connectivity index (χ2n) is 9.26. The predicted octanol–water partition coefficient (Wildman–Crippen LogP) is 3.58. The molecule has 4 rings (SSSR count). The van der Waals surface area contributed by atoms with Crippen molar-refractivity contribution in [3.8, 4) is 0 Å². The number of carbonyl (C=O) groups excluding carboxylic acids is 2. The van der Waals surface area contributed by atoms with Crippen molar-refractivity contribution < 1.29 is 19.1 Å². The van der Waals surface area contributed by atoms with Gasteiger partial charge in [0.05, 0.1) is 12.0 Å². The van der Waals surface area contributed by atoms with Gasteiger partial charge < -0.3 is 9.47 Å². The summed E-state index contributed by atoms with van der Waals surface area (Å²) in [5.74, 6) is -0.165. The fourth-order valence-corrected chi connectivity index (χ4v) is 6.07. The molecule has 24 heavy (non-hydrogen) atoms. The van der Waals surface area contributed by atoms with Gasteiger partial charge >= 0.3 is 5.97 Å². The molecule has 4 atom stereocenters. The molecule has 0 N–H and O–H groups in total. The Morgan fingerprint density at radius 1 is 1.08 bits per heavy atom. The minimum Gasteiger partial charge on any atom is -0.463 e. The molecule has 2 aliphatic carbocycles. The maximum Gasteiger partial charge on any atom is 0.308 e. The Morgan fingerprint density at radius 2 is 1.83 bits per heavy atom. The molecule has 0 aromatic rings. The van der Waals surface area contributed by atoms with Crippen LogP contribution in [0.15, 0.2) is 11.6 Å². The lowest BCUT2D eigenvalue weighted by Gasteiger charge is -2.59. The number of cyclic esters (lactones) is 1.